The van der Waals surface area contributed by atoms with Crippen LogP contribution in [0.4, 0.5) is 4.79 Å². The molecule has 8 heteroatoms. The standard InChI is InChI=1S/C11H16N4O4/c1-11(9(16)17)3-5-15(6-11)10(18)12-4-2-8-13-7-14-19-8/h7H,2-6H2,1H3,(H,12,18)(H,16,17). The fraction of sp³-hybridized carbons (Fsp3) is 0.636. The summed E-state index contributed by atoms with van der Waals surface area (Å²) in [5.74, 6) is -0.411. The molecule has 1 atom stereocenters. The number of amides is 2. The van der Waals surface area contributed by atoms with Crippen LogP contribution in [0.2, 0.25) is 0 Å². The molecular weight excluding hydrogens is 252 g/mol. The minimum atomic E-state index is -0.867. The van der Waals surface area contributed by atoms with Crippen LogP contribution in [-0.2, 0) is 11.2 Å². The van der Waals surface area contributed by atoms with Crippen molar-refractivity contribution in [3.05, 3.63) is 12.2 Å². The van der Waals surface area contributed by atoms with Gasteiger partial charge in [-0.1, -0.05) is 5.16 Å². The van der Waals surface area contributed by atoms with E-state index >= 15 is 0 Å². The molecule has 0 saturated carbocycles. The third-order valence-corrected chi connectivity index (χ3v) is 3.30. The zero-order valence-corrected chi connectivity index (χ0v) is 10.6. The number of nitrogens with one attached hydrogen (secondary N) is 1. The number of urea groups is 1. The van der Waals surface area contributed by atoms with Crippen LogP contribution in [-0.4, -0.2) is 51.8 Å². The summed E-state index contributed by atoms with van der Waals surface area (Å²) in [6, 6.07) is -0.260. The van der Waals surface area contributed by atoms with Gasteiger partial charge in [0.2, 0.25) is 5.89 Å². The molecule has 1 aromatic rings. The molecule has 104 valence electrons. The van der Waals surface area contributed by atoms with Gasteiger partial charge < -0.3 is 19.8 Å². The van der Waals surface area contributed by atoms with Gasteiger partial charge in [0.25, 0.3) is 0 Å². The Kier molecular flexibility index (Phi) is 3.68. The van der Waals surface area contributed by atoms with Crippen LogP contribution in [0, 0.1) is 5.41 Å². The summed E-state index contributed by atoms with van der Waals surface area (Å²) in [5.41, 5.74) is -0.843. The molecular formula is C11H16N4O4. The Labute approximate surface area is 109 Å². The molecule has 1 fully saturated rings. The molecule has 0 aromatic carbocycles. The lowest BCUT2D eigenvalue weighted by Gasteiger charge is -2.20. The molecule has 1 saturated heterocycles. The minimum absolute atomic E-state index is 0.231. The van der Waals surface area contributed by atoms with E-state index in [1.807, 2.05) is 0 Å². The van der Waals surface area contributed by atoms with E-state index in [0.29, 0.717) is 31.8 Å². The molecule has 19 heavy (non-hydrogen) atoms. The second-order valence-corrected chi connectivity index (χ2v) is 4.85. The Balaban J connectivity index is 1.77. The first-order chi connectivity index (χ1) is 9.01. The van der Waals surface area contributed by atoms with Crippen molar-refractivity contribution in [3.8, 4) is 0 Å². The number of likely N-dealkylation sites (tertiary alicyclic amines) is 1. The molecule has 8 nitrogen and oxygen atoms in total. The van der Waals surface area contributed by atoms with Crippen molar-refractivity contribution in [2.45, 2.75) is 19.8 Å². The SMILES string of the molecule is CC1(C(=O)O)CCN(C(=O)NCCc2ncno2)C1. The number of hydrogen-bond acceptors (Lipinski definition) is 5. The molecule has 2 N–H and O–H groups in total. The van der Waals surface area contributed by atoms with E-state index in [9.17, 15) is 9.59 Å². The summed E-state index contributed by atoms with van der Waals surface area (Å²) in [6.07, 6.45) is 2.23. The summed E-state index contributed by atoms with van der Waals surface area (Å²) in [4.78, 5) is 28.3. The normalized spacial score (nSPS) is 22.5. The third-order valence-electron chi connectivity index (χ3n) is 3.30. The number of carboxylic acid groups (broad SMARTS) is 1. The zero-order chi connectivity index (χ0) is 13.9. The van der Waals surface area contributed by atoms with Crippen molar-refractivity contribution in [1.29, 1.82) is 0 Å². The molecule has 0 spiro atoms. The zero-order valence-electron chi connectivity index (χ0n) is 10.6. The summed E-state index contributed by atoms with van der Waals surface area (Å²) in [6.45, 7) is 2.71. The molecule has 1 unspecified atom stereocenters. The van der Waals surface area contributed by atoms with E-state index in [0.717, 1.165) is 0 Å². The summed E-state index contributed by atoms with van der Waals surface area (Å²) in [5, 5.41) is 15.3. The van der Waals surface area contributed by atoms with Gasteiger partial charge in [-0.05, 0) is 13.3 Å². The van der Waals surface area contributed by atoms with Crippen molar-refractivity contribution in [2.24, 2.45) is 5.41 Å². The number of nitrogens with zero attached hydrogens (tertiary/aromatic N) is 3. The lowest BCUT2D eigenvalue weighted by atomic mass is 9.90. The van der Waals surface area contributed by atoms with Crippen LogP contribution in [0.5, 0.6) is 0 Å². The fourth-order valence-corrected chi connectivity index (χ4v) is 2.00. The maximum Gasteiger partial charge on any atom is 0.317 e. The molecule has 1 aromatic heterocycles. The Morgan fingerprint density at radius 1 is 1.63 bits per heavy atom. The Bertz CT molecular complexity index is 461. The Morgan fingerprint density at radius 2 is 2.42 bits per heavy atom. The van der Waals surface area contributed by atoms with Crippen LogP contribution in [0.3, 0.4) is 0 Å². The number of carboxylic acids is 1. The predicted octanol–water partition coefficient (Wildman–Crippen LogP) is 0.118. The number of carbonyl (C=O) groups is 2. The van der Waals surface area contributed by atoms with Crippen molar-refractivity contribution in [3.63, 3.8) is 0 Å². The van der Waals surface area contributed by atoms with Crippen LogP contribution in [0.25, 0.3) is 0 Å². The van der Waals surface area contributed by atoms with Crippen molar-refractivity contribution < 1.29 is 19.2 Å². The highest BCUT2D eigenvalue weighted by atomic mass is 16.5. The number of hydrogen-bond donors (Lipinski definition) is 2. The van der Waals surface area contributed by atoms with Gasteiger partial charge in [-0.3, -0.25) is 4.79 Å². The van der Waals surface area contributed by atoms with E-state index < -0.39 is 11.4 Å². The molecule has 2 rings (SSSR count). The second-order valence-electron chi connectivity index (χ2n) is 4.85. The predicted molar refractivity (Wildman–Crippen MR) is 63.3 cm³/mol. The van der Waals surface area contributed by atoms with Crippen LogP contribution >= 0.6 is 0 Å². The molecule has 1 aliphatic heterocycles. The van der Waals surface area contributed by atoms with Crippen LogP contribution in [0.15, 0.2) is 10.9 Å². The monoisotopic (exact) mass is 268 g/mol. The van der Waals surface area contributed by atoms with E-state index in [2.05, 4.69) is 15.5 Å². The van der Waals surface area contributed by atoms with Gasteiger partial charge >= 0.3 is 12.0 Å². The maximum absolute atomic E-state index is 11.8. The number of rotatable bonds is 4. The minimum Gasteiger partial charge on any atom is -0.481 e. The summed E-state index contributed by atoms with van der Waals surface area (Å²) >= 11 is 0. The second kappa shape index (κ2) is 5.25. The topological polar surface area (TPSA) is 109 Å². The Hall–Kier alpha value is -2.12. The number of carbonyl (C=O) groups excluding carboxylic acids is 1. The third kappa shape index (κ3) is 3.01. The highest BCUT2D eigenvalue weighted by Crippen LogP contribution is 2.29. The van der Waals surface area contributed by atoms with Crippen molar-refractivity contribution in [1.82, 2.24) is 20.4 Å². The number of aliphatic carboxylic acids is 1. The molecule has 0 radical (unpaired) electrons. The van der Waals surface area contributed by atoms with Crippen molar-refractivity contribution >= 4 is 12.0 Å². The highest BCUT2D eigenvalue weighted by Gasteiger charge is 2.42. The first-order valence-electron chi connectivity index (χ1n) is 6.03. The van der Waals surface area contributed by atoms with Gasteiger partial charge in [-0.15, -0.1) is 0 Å². The molecule has 2 heterocycles. The van der Waals surface area contributed by atoms with Gasteiger partial charge in [0.1, 0.15) is 0 Å². The van der Waals surface area contributed by atoms with Gasteiger partial charge in [-0.2, -0.15) is 4.98 Å². The first-order valence-corrected chi connectivity index (χ1v) is 6.03. The van der Waals surface area contributed by atoms with Gasteiger partial charge in [0.05, 0.1) is 5.41 Å². The molecule has 0 bridgehead atoms. The molecule has 1 aliphatic rings. The van der Waals surface area contributed by atoms with Crippen LogP contribution in [0.1, 0.15) is 19.2 Å². The quantitative estimate of drug-likeness (QED) is 0.802. The number of aromatic nitrogens is 2. The average Bonchev–Trinajstić information content (AvgIpc) is 2.99. The summed E-state index contributed by atoms with van der Waals surface area (Å²) in [7, 11) is 0. The molecule has 2 amide bonds. The maximum atomic E-state index is 11.8. The Morgan fingerprint density at radius 3 is 3.00 bits per heavy atom. The largest absolute Gasteiger partial charge is 0.481 e. The van der Waals surface area contributed by atoms with Gasteiger partial charge in [-0.25, -0.2) is 4.79 Å². The van der Waals surface area contributed by atoms with Crippen molar-refractivity contribution in [2.75, 3.05) is 19.6 Å². The van der Waals surface area contributed by atoms with E-state index in [-0.39, 0.29) is 12.6 Å². The fourth-order valence-electron chi connectivity index (χ4n) is 2.00. The highest BCUT2D eigenvalue weighted by molar-refractivity contribution is 5.79. The van der Waals surface area contributed by atoms with Crippen LogP contribution < -0.4 is 5.32 Å². The molecule has 0 aliphatic carbocycles. The van der Waals surface area contributed by atoms with Gasteiger partial charge in [0, 0.05) is 26.1 Å². The van der Waals surface area contributed by atoms with E-state index in [1.165, 1.54) is 11.2 Å². The first kappa shape index (κ1) is 13.3. The van der Waals surface area contributed by atoms with E-state index in [1.54, 1.807) is 6.92 Å². The smallest absolute Gasteiger partial charge is 0.317 e. The average molecular weight is 268 g/mol. The van der Waals surface area contributed by atoms with E-state index in [4.69, 9.17) is 9.63 Å². The summed E-state index contributed by atoms with van der Waals surface area (Å²) < 4.78 is 4.80. The van der Waals surface area contributed by atoms with Gasteiger partial charge in [0.15, 0.2) is 6.33 Å². The lowest BCUT2D eigenvalue weighted by molar-refractivity contribution is -0.146. The lowest BCUT2D eigenvalue weighted by Crippen LogP contribution is -2.41.